The second-order valence-electron chi connectivity index (χ2n) is 2.94. The van der Waals surface area contributed by atoms with Crippen molar-refractivity contribution >= 4 is 34.1 Å². The lowest BCUT2D eigenvalue weighted by Gasteiger charge is -2.06. The van der Waals surface area contributed by atoms with Gasteiger partial charge in [-0.2, -0.15) is 4.98 Å². The fourth-order valence-electron chi connectivity index (χ4n) is 1.30. The summed E-state index contributed by atoms with van der Waals surface area (Å²) in [6.45, 7) is 1.82. The lowest BCUT2D eigenvalue weighted by atomic mass is 10.2. The van der Waals surface area contributed by atoms with Crippen LogP contribution in [0.25, 0.3) is 10.9 Å². The topological polar surface area (TPSA) is 47.9 Å². The number of methoxy groups -OCH3 is 1. The highest BCUT2D eigenvalue weighted by Gasteiger charge is 2.11. The predicted molar refractivity (Wildman–Crippen MR) is 58.6 cm³/mol. The minimum atomic E-state index is 0.129. The molecule has 0 bridgehead atoms. The number of ether oxygens (including phenoxy) is 1. The molecule has 6 heteroatoms. The Labute approximate surface area is 96.2 Å². The third-order valence-corrected chi connectivity index (χ3v) is 2.60. The molecule has 0 aliphatic heterocycles. The van der Waals surface area contributed by atoms with E-state index in [2.05, 4.69) is 15.0 Å². The van der Waals surface area contributed by atoms with Crippen molar-refractivity contribution in [1.29, 1.82) is 0 Å². The summed E-state index contributed by atoms with van der Waals surface area (Å²) in [4.78, 5) is 12.0. The van der Waals surface area contributed by atoms with Gasteiger partial charge in [0.1, 0.15) is 5.15 Å². The van der Waals surface area contributed by atoms with Crippen LogP contribution in [0.5, 0.6) is 5.88 Å². The summed E-state index contributed by atoms with van der Waals surface area (Å²) in [5, 5.41) is 1.23. The first-order chi connectivity index (χ1) is 7.13. The van der Waals surface area contributed by atoms with E-state index in [0.29, 0.717) is 21.9 Å². The van der Waals surface area contributed by atoms with Crippen molar-refractivity contribution in [3.05, 3.63) is 22.2 Å². The molecule has 0 saturated heterocycles. The molecule has 0 atom stereocenters. The van der Waals surface area contributed by atoms with Gasteiger partial charge in [-0.25, -0.2) is 9.97 Å². The van der Waals surface area contributed by atoms with Crippen LogP contribution in [0.2, 0.25) is 10.4 Å². The second kappa shape index (κ2) is 3.79. The summed E-state index contributed by atoms with van der Waals surface area (Å²) in [5.74, 6) is 0.400. The van der Waals surface area contributed by atoms with Gasteiger partial charge >= 0.3 is 0 Å². The van der Waals surface area contributed by atoms with E-state index >= 15 is 0 Å². The summed E-state index contributed by atoms with van der Waals surface area (Å²) in [6.07, 6.45) is 1.57. The third kappa shape index (κ3) is 1.70. The molecule has 0 aromatic carbocycles. The maximum Gasteiger partial charge on any atom is 0.227 e. The number of nitrogens with zero attached hydrogens (tertiary/aromatic N) is 3. The van der Waals surface area contributed by atoms with Gasteiger partial charge in [0, 0.05) is 11.8 Å². The van der Waals surface area contributed by atoms with Crippen LogP contribution in [-0.4, -0.2) is 22.1 Å². The minimum absolute atomic E-state index is 0.129. The summed E-state index contributed by atoms with van der Waals surface area (Å²) < 4.78 is 5.08. The van der Waals surface area contributed by atoms with Crippen LogP contribution in [0.3, 0.4) is 0 Å². The molecule has 0 saturated carbocycles. The second-order valence-corrected chi connectivity index (χ2v) is 3.63. The van der Waals surface area contributed by atoms with Crippen molar-refractivity contribution in [3.63, 3.8) is 0 Å². The van der Waals surface area contributed by atoms with Gasteiger partial charge in [-0.05, 0) is 18.5 Å². The lowest BCUT2D eigenvalue weighted by Crippen LogP contribution is -1.96. The van der Waals surface area contributed by atoms with Crippen LogP contribution >= 0.6 is 23.2 Å². The van der Waals surface area contributed by atoms with E-state index < -0.39 is 0 Å². The van der Waals surface area contributed by atoms with Gasteiger partial charge in [0.2, 0.25) is 11.2 Å². The van der Waals surface area contributed by atoms with Gasteiger partial charge in [-0.3, -0.25) is 0 Å². The number of rotatable bonds is 1. The predicted octanol–water partition coefficient (Wildman–Crippen LogP) is 2.65. The Bertz CT molecular complexity index is 530. The molecule has 15 heavy (non-hydrogen) atoms. The van der Waals surface area contributed by atoms with Crippen LogP contribution in [0.4, 0.5) is 0 Å². The average molecular weight is 244 g/mol. The first-order valence-electron chi connectivity index (χ1n) is 4.16. The molecule has 2 rings (SSSR count). The fraction of sp³-hybridized carbons (Fsp3) is 0.222. The molecule has 2 heterocycles. The average Bonchev–Trinajstić information content (AvgIpc) is 2.23. The molecule has 4 nitrogen and oxygen atoms in total. The SMILES string of the molecule is COc1nc(Cl)nc2c(C)c(Cl)ncc12. The number of halogens is 2. The van der Waals surface area contributed by atoms with Crippen molar-refractivity contribution in [2.24, 2.45) is 0 Å². The molecule has 0 amide bonds. The van der Waals surface area contributed by atoms with Crippen molar-refractivity contribution in [1.82, 2.24) is 15.0 Å². The van der Waals surface area contributed by atoms with Gasteiger partial charge in [0.15, 0.2) is 0 Å². The summed E-state index contributed by atoms with van der Waals surface area (Å²) in [6, 6.07) is 0. The minimum Gasteiger partial charge on any atom is -0.480 e. The van der Waals surface area contributed by atoms with Crippen molar-refractivity contribution in [3.8, 4) is 5.88 Å². The van der Waals surface area contributed by atoms with Gasteiger partial charge in [-0.15, -0.1) is 0 Å². The van der Waals surface area contributed by atoms with Crippen molar-refractivity contribution in [2.45, 2.75) is 6.92 Å². The number of hydrogen-bond donors (Lipinski definition) is 0. The van der Waals surface area contributed by atoms with E-state index in [9.17, 15) is 0 Å². The van der Waals surface area contributed by atoms with Crippen molar-refractivity contribution < 1.29 is 4.74 Å². The Morgan fingerprint density at radius 3 is 2.67 bits per heavy atom. The molecule has 0 N–H and O–H groups in total. The first-order valence-corrected chi connectivity index (χ1v) is 4.91. The van der Waals surface area contributed by atoms with E-state index in [-0.39, 0.29) is 5.28 Å². The summed E-state index contributed by atoms with van der Waals surface area (Å²) in [5.41, 5.74) is 1.42. The number of aromatic nitrogens is 3. The van der Waals surface area contributed by atoms with Crippen molar-refractivity contribution in [2.75, 3.05) is 7.11 Å². The molecule has 0 unspecified atom stereocenters. The molecule has 0 aliphatic carbocycles. The lowest BCUT2D eigenvalue weighted by molar-refractivity contribution is 0.402. The van der Waals surface area contributed by atoms with Crippen LogP contribution in [0.15, 0.2) is 6.20 Å². The van der Waals surface area contributed by atoms with Crippen LogP contribution < -0.4 is 4.74 Å². The Morgan fingerprint density at radius 2 is 2.00 bits per heavy atom. The highest BCUT2D eigenvalue weighted by Crippen LogP contribution is 2.28. The molecule has 0 fully saturated rings. The zero-order chi connectivity index (χ0) is 11.0. The number of aryl methyl sites for hydroxylation is 1. The Morgan fingerprint density at radius 1 is 1.27 bits per heavy atom. The molecule has 0 aliphatic rings. The molecule has 0 spiro atoms. The van der Waals surface area contributed by atoms with E-state index in [1.165, 1.54) is 7.11 Å². The third-order valence-electron chi connectivity index (χ3n) is 2.05. The van der Waals surface area contributed by atoms with Crippen LogP contribution in [0, 0.1) is 6.92 Å². The van der Waals surface area contributed by atoms with E-state index in [4.69, 9.17) is 27.9 Å². The van der Waals surface area contributed by atoms with Crippen LogP contribution in [-0.2, 0) is 0 Å². The zero-order valence-electron chi connectivity index (χ0n) is 8.08. The zero-order valence-corrected chi connectivity index (χ0v) is 9.60. The number of hydrogen-bond acceptors (Lipinski definition) is 4. The molecule has 78 valence electrons. The smallest absolute Gasteiger partial charge is 0.227 e. The maximum absolute atomic E-state index is 5.88. The van der Waals surface area contributed by atoms with Gasteiger partial charge in [-0.1, -0.05) is 11.6 Å². The molecular formula is C9H7Cl2N3O. The molecular weight excluding hydrogens is 237 g/mol. The molecule has 2 aromatic heterocycles. The normalized spacial score (nSPS) is 10.7. The Balaban J connectivity index is 2.89. The highest BCUT2D eigenvalue weighted by atomic mass is 35.5. The van der Waals surface area contributed by atoms with E-state index in [1.54, 1.807) is 6.20 Å². The largest absolute Gasteiger partial charge is 0.480 e. The summed E-state index contributed by atoms with van der Waals surface area (Å²) in [7, 11) is 1.52. The Kier molecular flexibility index (Phi) is 2.63. The van der Waals surface area contributed by atoms with Gasteiger partial charge in [0.05, 0.1) is 18.0 Å². The number of pyridine rings is 1. The van der Waals surface area contributed by atoms with Crippen LogP contribution in [0.1, 0.15) is 5.56 Å². The fourth-order valence-corrected chi connectivity index (χ4v) is 1.60. The summed E-state index contributed by atoms with van der Waals surface area (Å²) >= 11 is 11.6. The quantitative estimate of drug-likeness (QED) is 0.571. The van der Waals surface area contributed by atoms with Gasteiger partial charge in [0.25, 0.3) is 0 Å². The maximum atomic E-state index is 5.88. The standard InChI is InChI=1S/C9H7Cl2N3O/c1-4-6-5(3-12-7(4)10)8(15-2)14-9(11)13-6/h3H,1-2H3. The number of fused-ring (bicyclic) bond motifs is 1. The molecule has 2 aromatic rings. The monoisotopic (exact) mass is 243 g/mol. The molecule has 0 radical (unpaired) electrons. The van der Waals surface area contributed by atoms with E-state index in [0.717, 1.165) is 5.56 Å². The Hall–Kier alpha value is -1.13. The van der Waals surface area contributed by atoms with E-state index in [1.807, 2.05) is 6.92 Å². The first kappa shape index (κ1) is 10.4. The van der Waals surface area contributed by atoms with Gasteiger partial charge < -0.3 is 4.74 Å². The highest BCUT2D eigenvalue weighted by molar-refractivity contribution is 6.31.